The van der Waals surface area contributed by atoms with Gasteiger partial charge < -0.3 is 15.5 Å². The number of nitrogen functional groups attached to an aromatic ring is 1. The number of hydrogen-bond acceptors (Lipinski definition) is 4. The Morgan fingerprint density at radius 1 is 1.25 bits per heavy atom. The maximum atomic E-state index is 6.01. The minimum Gasteiger partial charge on any atom is -0.478 e. The fourth-order valence-electron chi connectivity index (χ4n) is 1.99. The van der Waals surface area contributed by atoms with Crippen LogP contribution >= 0.6 is 11.6 Å². The molecule has 0 unspecified atom stereocenters. The van der Waals surface area contributed by atoms with Gasteiger partial charge in [0.1, 0.15) is 5.82 Å². The number of imidazole rings is 1. The number of benzene rings is 1. The molecule has 0 saturated carbocycles. The zero-order valence-corrected chi connectivity index (χ0v) is 11.6. The molecule has 3 N–H and O–H groups in total. The van der Waals surface area contributed by atoms with Gasteiger partial charge in [0.15, 0.2) is 5.65 Å². The highest BCUT2D eigenvalue weighted by Crippen LogP contribution is 2.26. The standard InChI is InChI=1S/C14H13ClN4O/c1-2-20-12-4-3-11-14(18-12)19-13(17-11)8-5-9(15)7-10(16)6-8/h3-7H,2,16H2,1H3,(H,17,18,19). The Morgan fingerprint density at radius 3 is 2.85 bits per heavy atom. The average molecular weight is 289 g/mol. The van der Waals surface area contributed by atoms with E-state index in [0.29, 0.717) is 34.7 Å². The van der Waals surface area contributed by atoms with E-state index in [2.05, 4.69) is 15.0 Å². The number of hydrogen-bond donors (Lipinski definition) is 2. The minimum absolute atomic E-state index is 0.559. The molecule has 0 spiro atoms. The Morgan fingerprint density at radius 2 is 2.10 bits per heavy atom. The summed E-state index contributed by atoms with van der Waals surface area (Å²) in [5.74, 6) is 1.24. The highest BCUT2D eigenvalue weighted by molar-refractivity contribution is 6.31. The molecule has 0 aliphatic carbocycles. The molecular weight excluding hydrogens is 276 g/mol. The predicted molar refractivity (Wildman–Crippen MR) is 79.9 cm³/mol. The average Bonchev–Trinajstić information content (AvgIpc) is 2.81. The van der Waals surface area contributed by atoms with Crippen LogP contribution in [0, 0.1) is 0 Å². The van der Waals surface area contributed by atoms with Crippen molar-refractivity contribution < 1.29 is 4.74 Å². The van der Waals surface area contributed by atoms with Crippen molar-refractivity contribution in [3.8, 4) is 17.3 Å². The van der Waals surface area contributed by atoms with Gasteiger partial charge >= 0.3 is 0 Å². The summed E-state index contributed by atoms with van der Waals surface area (Å²) in [5.41, 5.74) is 8.65. The summed E-state index contributed by atoms with van der Waals surface area (Å²) in [6.45, 7) is 2.48. The van der Waals surface area contributed by atoms with Crippen LogP contribution in [0.25, 0.3) is 22.6 Å². The smallest absolute Gasteiger partial charge is 0.215 e. The molecular formula is C14H13ClN4O. The molecule has 0 bridgehead atoms. The number of aromatic amines is 1. The molecule has 0 saturated heterocycles. The van der Waals surface area contributed by atoms with E-state index in [0.717, 1.165) is 11.1 Å². The van der Waals surface area contributed by atoms with Crippen molar-refractivity contribution in [3.63, 3.8) is 0 Å². The normalized spacial score (nSPS) is 10.9. The number of pyridine rings is 1. The number of H-pyrrole nitrogens is 1. The summed E-state index contributed by atoms with van der Waals surface area (Å²) in [6.07, 6.45) is 0. The molecule has 2 heterocycles. The first-order chi connectivity index (χ1) is 9.65. The molecule has 0 aliphatic rings. The van der Waals surface area contributed by atoms with Crippen molar-refractivity contribution in [2.75, 3.05) is 12.3 Å². The number of fused-ring (bicyclic) bond motifs is 1. The molecule has 0 radical (unpaired) electrons. The first-order valence-corrected chi connectivity index (χ1v) is 6.59. The van der Waals surface area contributed by atoms with Crippen LogP contribution in [0.5, 0.6) is 5.88 Å². The monoisotopic (exact) mass is 288 g/mol. The van der Waals surface area contributed by atoms with Gasteiger partial charge in [-0.15, -0.1) is 0 Å². The third kappa shape index (κ3) is 2.40. The highest BCUT2D eigenvalue weighted by Gasteiger charge is 2.09. The number of rotatable bonds is 3. The van der Waals surface area contributed by atoms with E-state index in [1.54, 1.807) is 18.2 Å². The topological polar surface area (TPSA) is 76.8 Å². The summed E-state index contributed by atoms with van der Waals surface area (Å²) in [5, 5.41) is 0.573. The van der Waals surface area contributed by atoms with Crippen LogP contribution in [0.3, 0.4) is 0 Å². The van der Waals surface area contributed by atoms with Crippen molar-refractivity contribution in [2.24, 2.45) is 0 Å². The highest BCUT2D eigenvalue weighted by atomic mass is 35.5. The molecule has 3 rings (SSSR count). The van der Waals surface area contributed by atoms with Gasteiger partial charge in [-0.05, 0) is 31.2 Å². The molecule has 0 atom stereocenters. The van der Waals surface area contributed by atoms with Gasteiger partial charge in [0.05, 0.1) is 12.1 Å². The van der Waals surface area contributed by atoms with Crippen LogP contribution in [0.2, 0.25) is 5.02 Å². The van der Waals surface area contributed by atoms with E-state index < -0.39 is 0 Å². The Balaban J connectivity index is 2.08. The van der Waals surface area contributed by atoms with E-state index in [1.807, 2.05) is 19.1 Å². The first-order valence-electron chi connectivity index (χ1n) is 6.21. The zero-order chi connectivity index (χ0) is 14.1. The summed E-state index contributed by atoms with van der Waals surface area (Å²) in [4.78, 5) is 12.0. The molecule has 102 valence electrons. The van der Waals surface area contributed by atoms with E-state index in [4.69, 9.17) is 22.1 Å². The molecule has 0 fully saturated rings. The SMILES string of the molecule is CCOc1ccc2[nH]c(-c3cc(N)cc(Cl)c3)nc2n1. The molecule has 20 heavy (non-hydrogen) atoms. The number of ether oxygens (including phenoxy) is 1. The van der Waals surface area contributed by atoms with Gasteiger partial charge in [-0.2, -0.15) is 4.98 Å². The second-order valence-corrected chi connectivity index (χ2v) is 4.75. The van der Waals surface area contributed by atoms with E-state index in [-0.39, 0.29) is 0 Å². The third-order valence-corrected chi connectivity index (χ3v) is 3.02. The largest absolute Gasteiger partial charge is 0.478 e. The lowest BCUT2D eigenvalue weighted by Gasteiger charge is -1.99. The molecule has 6 heteroatoms. The molecule has 5 nitrogen and oxygen atoms in total. The van der Waals surface area contributed by atoms with E-state index >= 15 is 0 Å². The molecule has 1 aromatic carbocycles. The maximum absolute atomic E-state index is 6.01. The van der Waals surface area contributed by atoms with Gasteiger partial charge in [-0.1, -0.05) is 11.6 Å². The Labute approximate surface area is 120 Å². The number of nitrogens with zero attached hydrogens (tertiary/aromatic N) is 2. The van der Waals surface area contributed by atoms with Crippen molar-refractivity contribution in [1.82, 2.24) is 15.0 Å². The van der Waals surface area contributed by atoms with E-state index in [9.17, 15) is 0 Å². The van der Waals surface area contributed by atoms with Crippen molar-refractivity contribution in [3.05, 3.63) is 35.4 Å². The molecule has 3 aromatic rings. The third-order valence-electron chi connectivity index (χ3n) is 2.81. The number of nitrogens with one attached hydrogen (secondary N) is 1. The van der Waals surface area contributed by atoms with Gasteiger partial charge in [0, 0.05) is 22.3 Å². The van der Waals surface area contributed by atoms with Crippen molar-refractivity contribution in [2.45, 2.75) is 6.92 Å². The van der Waals surface area contributed by atoms with Gasteiger partial charge in [0.25, 0.3) is 0 Å². The molecule has 0 aliphatic heterocycles. The number of anilines is 1. The first kappa shape index (κ1) is 12.7. The lowest BCUT2D eigenvalue weighted by atomic mass is 10.2. The van der Waals surface area contributed by atoms with Crippen LogP contribution in [0.4, 0.5) is 5.69 Å². The van der Waals surface area contributed by atoms with Crippen molar-refractivity contribution in [1.29, 1.82) is 0 Å². The zero-order valence-electron chi connectivity index (χ0n) is 10.9. The van der Waals surface area contributed by atoms with Gasteiger partial charge in [-0.25, -0.2) is 4.98 Å². The lowest BCUT2D eigenvalue weighted by molar-refractivity contribution is 0.328. The van der Waals surface area contributed by atoms with Crippen LogP contribution in [-0.2, 0) is 0 Å². The summed E-state index contributed by atoms with van der Waals surface area (Å²) in [7, 11) is 0. The van der Waals surface area contributed by atoms with Crippen LogP contribution in [0.1, 0.15) is 6.92 Å². The minimum atomic E-state index is 0.559. The Hall–Kier alpha value is -2.27. The predicted octanol–water partition coefficient (Wildman–Crippen LogP) is 3.26. The fourth-order valence-corrected chi connectivity index (χ4v) is 2.23. The summed E-state index contributed by atoms with van der Waals surface area (Å²) < 4.78 is 5.36. The molecule has 2 aromatic heterocycles. The van der Waals surface area contributed by atoms with Crippen LogP contribution in [0.15, 0.2) is 30.3 Å². The summed E-state index contributed by atoms with van der Waals surface area (Å²) in [6, 6.07) is 9.00. The van der Waals surface area contributed by atoms with Crippen molar-refractivity contribution >= 4 is 28.5 Å². The van der Waals surface area contributed by atoms with Gasteiger partial charge in [0.2, 0.25) is 5.88 Å². The van der Waals surface area contributed by atoms with Gasteiger partial charge in [-0.3, -0.25) is 0 Å². The number of nitrogens with two attached hydrogens (primary N) is 1. The van der Waals surface area contributed by atoms with Crippen LogP contribution in [-0.4, -0.2) is 21.6 Å². The van der Waals surface area contributed by atoms with Crippen LogP contribution < -0.4 is 10.5 Å². The second-order valence-electron chi connectivity index (χ2n) is 4.31. The Kier molecular flexibility index (Phi) is 3.20. The number of aromatic nitrogens is 3. The Bertz CT molecular complexity index is 749. The fraction of sp³-hybridized carbons (Fsp3) is 0.143. The lowest BCUT2D eigenvalue weighted by Crippen LogP contribution is -1.93. The quantitative estimate of drug-likeness (QED) is 0.725. The molecule has 0 amide bonds. The van der Waals surface area contributed by atoms with E-state index in [1.165, 1.54) is 0 Å². The second kappa shape index (κ2) is 5.02. The maximum Gasteiger partial charge on any atom is 0.215 e. The number of halogens is 1. The summed E-state index contributed by atoms with van der Waals surface area (Å²) >= 11 is 6.01.